The third-order valence-electron chi connectivity index (χ3n) is 7.16. The summed E-state index contributed by atoms with van der Waals surface area (Å²) in [4.78, 5) is 13.1. The Morgan fingerprint density at radius 2 is 2.06 bits per heavy atom. The van der Waals surface area contributed by atoms with Gasteiger partial charge in [-0.1, -0.05) is 28.9 Å². The third kappa shape index (κ3) is 4.67. The number of sulfonamides is 1. The van der Waals surface area contributed by atoms with Crippen LogP contribution in [0.4, 0.5) is 10.2 Å². The van der Waals surface area contributed by atoms with Gasteiger partial charge < -0.3 is 14.6 Å². The van der Waals surface area contributed by atoms with Crippen molar-refractivity contribution in [1.82, 2.24) is 10.5 Å². The molecule has 11 heteroatoms. The molecule has 0 radical (unpaired) electrons. The monoisotopic (exact) mass is 533 g/mol. The zero-order valence-corrected chi connectivity index (χ0v) is 21.0. The summed E-state index contributed by atoms with van der Waals surface area (Å²) in [5, 5.41) is 6.33. The van der Waals surface area contributed by atoms with Gasteiger partial charge in [0, 0.05) is 28.8 Å². The van der Waals surface area contributed by atoms with E-state index in [-0.39, 0.29) is 29.4 Å². The average molecular weight is 534 g/mol. The molecule has 5 rings (SSSR count). The van der Waals surface area contributed by atoms with Gasteiger partial charge in [0.1, 0.15) is 17.8 Å². The number of amides is 1. The van der Waals surface area contributed by atoms with Gasteiger partial charge in [-0.25, -0.2) is 12.8 Å². The molecule has 1 saturated heterocycles. The Kier molecular flexibility index (Phi) is 6.65. The highest BCUT2D eigenvalue weighted by molar-refractivity contribution is 7.93. The van der Waals surface area contributed by atoms with E-state index in [0.29, 0.717) is 53.3 Å². The first-order valence-corrected chi connectivity index (χ1v) is 13.5. The molecular formula is C25H25ClFN3O5S. The van der Waals surface area contributed by atoms with Crippen LogP contribution in [0.1, 0.15) is 30.7 Å². The van der Waals surface area contributed by atoms with Crippen LogP contribution in [0.15, 0.2) is 53.3 Å². The van der Waals surface area contributed by atoms with E-state index in [4.69, 9.17) is 20.9 Å². The van der Waals surface area contributed by atoms with Gasteiger partial charge in [0.05, 0.1) is 18.3 Å². The Hall–Kier alpha value is -3.11. The van der Waals surface area contributed by atoms with Crippen LogP contribution in [0, 0.1) is 17.7 Å². The number of fused-ring (bicyclic) bond motifs is 1. The number of methoxy groups -OCH3 is 1. The molecule has 1 saturated carbocycles. The maximum atomic E-state index is 13.8. The zero-order chi connectivity index (χ0) is 25.4. The van der Waals surface area contributed by atoms with Crippen LogP contribution in [-0.2, 0) is 14.8 Å². The first-order valence-electron chi connectivity index (χ1n) is 11.6. The van der Waals surface area contributed by atoms with E-state index in [0.717, 1.165) is 0 Å². The molecule has 2 aromatic carbocycles. The van der Waals surface area contributed by atoms with E-state index in [1.165, 1.54) is 31.6 Å². The molecule has 0 spiro atoms. The van der Waals surface area contributed by atoms with Gasteiger partial charge in [-0.3, -0.25) is 9.52 Å². The topological polar surface area (TPSA) is 111 Å². The number of carbonyl (C=O) groups is 1. The van der Waals surface area contributed by atoms with E-state index in [1.54, 1.807) is 24.3 Å². The van der Waals surface area contributed by atoms with E-state index >= 15 is 0 Å². The molecule has 2 heterocycles. The smallest absolute Gasteiger partial charge is 0.236 e. The predicted octanol–water partition coefficient (Wildman–Crippen LogP) is 4.58. The highest BCUT2D eigenvalue weighted by Crippen LogP contribution is 2.48. The lowest BCUT2D eigenvalue weighted by molar-refractivity contribution is -0.127. The maximum absolute atomic E-state index is 13.8. The zero-order valence-electron chi connectivity index (χ0n) is 19.4. The number of benzene rings is 2. The summed E-state index contributed by atoms with van der Waals surface area (Å²) in [6, 6.07) is 11.0. The summed E-state index contributed by atoms with van der Waals surface area (Å²) in [6.07, 6.45) is 2.63. The second kappa shape index (κ2) is 9.74. The second-order valence-corrected chi connectivity index (χ2v) is 11.6. The quantitative estimate of drug-likeness (QED) is 0.480. The van der Waals surface area contributed by atoms with Crippen molar-refractivity contribution in [2.45, 2.75) is 30.4 Å². The summed E-state index contributed by atoms with van der Waals surface area (Å²) in [6.45, 7) is 0.396. The Morgan fingerprint density at radius 3 is 2.78 bits per heavy atom. The minimum atomic E-state index is -3.67. The fourth-order valence-corrected chi connectivity index (χ4v) is 7.26. The Balaban J connectivity index is 1.43. The molecule has 0 bridgehead atoms. The van der Waals surface area contributed by atoms with Crippen molar-refractivity contribution in [2.75, 3.05) is 18.4 Å². The fourth-order valence-electron chi connectivity index (χ4n) is 5.47. The van der Waals surface area contributed by atoms with Crippen LogP contribution >= 0.6 is 11.6 Å². The number of halogens is 2. The number of piperidine rings is 1. The molecule has 1 aromatic heterocycles. The SMILES string of the molecule is COc1cc(-c2cccc(F)c2)c(Cl)cc1C1C(=O)NCC2CC(S(=O)(=O)Nc3ccon3)CCC21. The van der Waals surface area contributed by atoms with Crippen molar-refractivity contribution in [3.8, 4) is 16.9 Å². The van der Waals surface area contributed by atoms with Crippen molar-refractivity contribution in [3.05, 3.63) is 65.1 Å². The number of anilines is 1. The van der Waals surface area contributed by atoms with Crippen LogP contribution in [-0.4, -0.2) is 38.4 Å². The summed E-state index contributed by atoms with van der Waals surface area (Å²) in [5.74, 6) is -0.595. The highest BCUT2D eigenvalue weighted by Gasteiger charge is 2.46. The van der Waals surface area contributed by atoms with Gasteiger partial charge >= 0.3 is 0 Å². The molecule has 2 fully saturated rings. The maximum Gasteiger partial charge on any atom is 0.236 e. The van der Waals surface area contributed by atoms with Crippen molar-refractivity contribution >= 4 is 33.3 Å². The normalized spacial score (nSPS) is 24.0. The van der Waals surface area contributed by atoms with Gasteiger partial charge in [-0.15, -0.1) is 0 Å². The van der Waals surface area contributed by atoms with Gasteiger partial charge in [0.15, 0.2) is 5.82 Å². The second-order valence-electron chi connectivity index (χ2n) is 9.20. The number of nitrogens with zero attached hydrogens (tertiary/aromatic N) is 1. The summed E-state index contributed by atoms with van der Waals surface area (Å²) < 4.78 is 52.5. The molecule has 4 unspecified atom stereocenters. The van der Waals surface area contributed by atoms with Crippen LogP contribution in [0.2, 0.25) is 5.02 Å². The molecule has 1 aliphatic heterocycles. The van der Waals surface area contributed by atoms with Crippen LogP contribution in [0.5, 0.6) is 5.75 Å². The van der Waals surface area contributed by atoms with Crippen molar-refractivity contribution in [1.29, 1.82) is 0 Å². The number of hydrogen-bond acceptors (Lipinski definition) is 6. The fraction of sp³-hybridized carbons (Fsp3) is 0.360. The van der Waals surface area contributed by atoms with Gasteiger partial charge in [-0.05, 0) is 60.9 Å². The first kappa shape index (κ1) is 24.6. The van der Waals surface area contributed by atoms with Gasteiger partial charge in [-0.2, -0.15) is 0 Å². The predicted molar refractivity (Wildman–Crippen MR) is 133 cm³/mol. The van der Waals surface area contributed by atoms with E-state index in [9.17, 15) is 17.6 Å². The number of hydrogen-bond donors (Lipinski definition) is 2. The molecular weight excluding hydrogens is 509 g/mol. The summed E-state index contributed by atoms with van der Waals surface area (Å²) in [7, 11) is -2.16. The molecule has 36 heavy (non-hydrogen) atoms. The van der Waals surface area contributed by atoms with Crippen molar-refractivity contribution in [2.24, 2.45) is 11.8 Å². The Morgan fingerprint density at radius 1 is 1.22 bits per heavy atom. The molecule has 4 atom stereocenters. The standard InChI is InChI=1S/C25H25ClFN3O5S/c1-34-22-12-19(14-3-2-4-16(27)9-14)21(26)11-20(22)24-18-6-5-17(10-15(18)13-28-25(24)31)36(32,33)30-23-7-8-35-29-23/h2-4,7-9,11-12,15,17-18,24H,5-6,10,13H2,1H3,(H,28,31)(H,29,30). The van der Waals surface area contributed by atoms with Crippen molar-refractivity contribution in [3.63, 3.8) is 0 Å². The van der Waals surface area contributed by atoms with E-state index in [1.807, 2.05) is 0 Å². The molecule has 3 aromatic rings. The summed E-state index contributed by atoms with van der Waals surface area (Å²) >= 11 is 6.63. The molecule has 1 aliphatic carbocycles. The first-order chi connectivity index (χ1) is 17.3. The Bertz CT molecular complexity index is 1380. The number of carbonyl (C=O) groups excluding carboxylic acids is 1. The summed E-state index contributed by atoms with van der Waals surface area (Å²) in [5.41, 5.74) is 1.83. The number of aromatic nitrogens is 1. The highest BCUT2D eigenvalue weighted by atomic mass is 35.5. The molecule has 190 valence electrons. The Labute approximate surface area is 213 Å². The van der Waals surface area contributed by atoms with Gasteiger partial charge in [0.25, 0.3) is 0 Å². The average Bonchev–Trinajstić information content (AvgIpc) is 3.36. The van der Waals surface area contributed by atoms with E-state index < -0.39 is 21.2 Å². The van der Waals surface area contributed by atoms with Crippen LogP contribution in [0.25, 0.3) is 11.1 Å². The number of ether oxygens (including phenoxy) is 1. The molecule has 2 N–H and O–H groups in total. The minimum absolute atomic E-state index is 0.0493. The number of rotatable bonds is 6. The van der Waals surface area contributed by atoms with E-state index in [2.05, 4.69) is 15.2 Å². The lowest BCUT2D eigenvalue weighted by Gasteiger charge is -2.43. The third-order valence-corrected chi connectivity index (χ3v) is 9.27. The van der Waals surface area contributed by atoms with Gasteiger partial charge in [0.2, 0.25) is 15.9 Å². The lowest BCUT2D eigenvalue weighted by atomic mass is 9.67. The molecule has 1 amide bonds. The van der Waals surface area contributed by atoms with Crippen LogP contribution < -0.4 is 14.8 Å². The lowest BCUT2D eigenvalue weighted by Crippen LogP contribution is -2.50. The minimum Gasteiger partial charge on any atom is -0.496 e. The van der Waals surface area contributed by atoms with Crippen molar-refractivity contribution < 1.29 is 26.9 Å². The molecule has 2 aliphatic rings. The largest absolute Gasteiger partial charge is 0.496 e. The van der Waals surface area contributed by atoms with Crippen LogP contribution in [0.3, 0.4) is 0 Å². The number of nitrogens with one attached hydrogen (secondary N) is 2. The molecule has 8 nitrogen and oxygen atoms in total.